The molecule has 6 nitrogen and oxygen atoms in total. The van der Waals surface area contributed by atoms with Crippen LogP contribution in [0.15, 0.2) is 36.8 Å². The molecule has 0 atom stereocenters. The topological polar surface area (TPSA) is 72.2 Å². The van der Waals surface area contributed by atoms with Crippen molar-refractivity contribution >= 4 is 17.0 Å². The lowest BCUT2D eigenvalue weighted by Crippen LogP contribution is -2.50. The second-order valence-electron chi connectivity index (χ2n) is 9.11. The minimum atomic E-state index is -2.67. The number of fused-ring (bicyclic) bond motifs is 2. The van der Waals surface area contributed by atoms with Gasteiger partial charge in [0.05, 0.1) is 23.0 Å². The van der Waals surface area contributed by atoms with Gasteiger partial charge in [0.25, 0.3) is 11.8 Å². The van der Waals surface area contributed by atoms with Crippen molar-refractivity contribution in [3.8, 4) is 0 Å². The fourth-order valence-corrected chi connectivity index (χ4v) is 4.64. The van der Waals surface area contributed by atoms with Gasteiger partial charge in [-0.25, -0.2) is 23.3 Å². The smallest absolute Gasteiger partial charge is 0.255 e. The lowest BCUT2D eigenvalue weighted by atomic mass is 9.88. The van der Waals surface area contributed by atoms with Gasteiger partial charge in [0.15, 0.2) is 0 Å². The Kier molecular flexibility index (Phi) is 4.38. The third-order valence-corrected chi connectivity index (χ3v) is 6.59. The first-order valence-corrected chi connectivity index (χ1v) is 11.2. The molecule has 3 aliphatic carbocycles. The van der Waals surface area contributed by atoms with Crippen molar-refractivity contribution in [1.29, 1.82) is 0 Å². The van der Waals surface area contributed by atoms with Crippen LogP contribution in [0.2, 0.25) is 0 Å². The summed E-state index contributed by atoms with van der Waals surface area (Å²) in [5.41, 5.74) is 5.19. The molecule has 2 fully saturated rings. The number of halogens is 2. The Morgan fingerprint density at radius 3 is 2.84 bits per heavy atom. The van der Waals surface area contributed by atoms with E-state index in [9.17, 15) is 13.6 Å². The number of carbonyl (C=O) groups is 1. The Labute approximate surface area is 183 Å². The van der Waals surface area contributed by atoms with Crippen LogP contribution in [0.4, 0.5) is 8.78 Å². The Hall–Kier alpha value is -3.16. The number of nitrogens with one attached hydrogen (secondary N) is 1. The van der Waals surface area contributed by atoms with Gasteiger partial charge in [-0.3, -0.25) is 4.79 Å². The number of carbonyl (C=O) groups excluding carboxylic acids is 1. The maximum Gasteiger partial charge on any atom is 0.255 e. The van der Waals surface area contributed by atoms with E-state index < -0.39 is 12.0 Å². The Bertz CT molecular complexity index is 1250. The molecular weight excluding hydrogens is 412 g/mol. The van der Waals surface area contributed by atoms with Crippen molar-refractivity contribution in [3.05, 3.63) is 65.0 Å². The van der Waals surface area contributed by atoms with Crippen LogP contribution in [-0.4, -0.2) is 37.5 Å². The van der Waals surface area contributed by atoms with Crippen molar-refractivity contribution in [2.75, 3.05) is 0 Å². The predicted molar refractivity (Wildman–Crippen MR) is 115 cm³/mol. The van der Waals surface area contributed by atoms with Crippen molar-refractivity contribution < 1.29 is 13.6 Å². The van der Waals surface area contributed by atoms with Crippen LogP contribution >= 0.6 is 0 Å². The summed E-state index contributed by atoms with van der Waals surface area (Å²) in [6.07, 6.45) is 12.1. The Balaban J connectivity index is 1.33. The lowest BCUT2D eigenvalue weighted by molar-refractivity contribution is -0.0901. The second kappa shape index (κ2) is 7.18. The van der Waals surface area contributed by atoms with Gasteiger partial charge in [-0.05, 0) is 55.4 Å². The monoisotopic (exact) mass is 435 g/mol. The molecular formula is C24H23F2N5O. The molecule has 3 aromatic rings. The van der Waals surface area contributed by atoms with E-state index in [1.54, 1.807) is 4.52 Å². The highest BCUT2D eigenvalue weighted by Gasteiger charge is 2.46. The maximum atomic E-state index is 13.1. The largest absolute Gasteiger partial charge is 0.349 e. The summed E-state index contributed by atoms with van der Waals surface area (Å²) < 4.78 is 27.9. The molecule has 3 aliphatic rings. The molecule has 0 saturated heterocycles. The standard InChI is InChI=1S/C24H23F2N5O/c25-24(26)10-16(11-24)29-23(32)19-13-28-31-8-7-15(9-21(19)31)17-3-1-2-4-20-18(17)12-27-22(30-20)14-5-6-14/h3,7-9,12-14,16H,1-2,4-6,10-11H2,(H,29,32). The molecule has 0 aliphatic heterocycles. The third-order valence-electron chi connectivity index (χ3n) is 6.59. The number of aryl methyl sites for hydroxylation is 1. The van der Waals surface area contributed by atoms with E-state index in [1.807, 2.05) is 24.5 Å². The van der Waals surface area contributed by atoms with Crippen LogP contribution in [0.25, 0.3) is 11.1 Å². The first kappa shape index (κ1) is 19.5. The van der Waals surface area contributed by atoms with E-state index in [0.29, 0.717) is 17.0 Å². The van der Waals surface area contributed by atoms with Crippen LogP contribution < -0.4 is 5.32 Å². The van der Waals surface area contributed by atoms with Crippen LogP contribution in [0.1, 0.15) is 77.4 Å². The van der Waals surface area contributed by atoms with Crippen molar-refractivity contribution in [1.82, 2.24) is 24.9 Å². The zero-order chi connectivity index (χ0) is 21.9. The summed E-state index contributed by atoms with van der Waals surface area (Å²) in [5, 5.41) is 6.98. The van der Waals surface area contributed by atoms with Gasteiger partial charge in [0.2, 0.25) is 0 Å². The number of amides is 1. The molecule has 1 N–H and O–H groups in total. The molecule has 32 heavy (non-hydrogen) atoms. The zero-order valence-electron chi connectivity index (χ0n) is 17.5. The van der Waals surface area contributed by atoms with Gasteiger partial charge in [-0.2, -0.15) is 5.10 Å². The van der Waals surface area contributed by atoms with E-state index in [4.69, 9.17) is 4.98 Å². The van der Waals surface area contributed by atoms with Crippen molar-refractivity contribution in [2.24, 2.45) is 0 Å². The number of allylic oxidation sites excluding steroid dienone is 1. The molecule has 1 amide bonds. The molecule has 2 saturated carbocycles. The Morgan fingerprint density at radius 1 is 1.22 bits per heavy atom. The average Bonchev–Trinajstić information content (AvgIpc) is 3.54. The van der Waals surface area contributed by atoms with Crippen LogP contribution in [0.5, 0.6) is 0 Å². The first-order valence-electron chi connectivity index (χ1n) is 11.2. The molecule has 6 rings (SSSR count). The minimum absolute atomic E-state index is 0.310. The fraction of sp³-hybridized carbons (Fsp3) is 0.417. The molecule has 8 heteroatoms. The molecule has 0 bridgehead atoms. The summed E-state index contributed by atoms with van der Waals surface area (Å²) >= 11 is 0. The number of hydrogen-bond acceptors (Lipinski definition) is 4. The van der Waals surface area contributed by atoms with Gasteiger partial charge >= 0.3 is 0 Å². The number of hydrogen-bond donors (Lipinski definition) is 1. The number of alkyl halides is 2. The predicted octanol–water partition coefficient (Wildman–Crippen LogP) is 4.30. The summed E-state index contributed by atoms with van der Waals surface area (Å²) in [5.74, 6) is -1.58. The average molecular weight is 435 g/mol. The van der Waals surface area contributed by atoms with Crippen molar-refractivity contribution in [3.63, 3.8) is 0 Å². The quantitative estimate of drug-likeness (QED) is 0.663. The van der Waals surface area contributed by atoms with Crippen LogP contribution in [0.3, 0.4) is 0 Å². The van der Waals surface area contributed by atoms with Gasteiger partial charge in [-0.1, -0.05) is 6.08 Å². The van der Waals surface area contributed by atoms with Gasteiger partial charge in [0.1, 0.15) is 5.82 Å². The molecule has 0 aromatic carbocycles. The zero-order valence-corrected chi connectivity index (χ0v) is 17.5. The molecule has 0 unspecified atom stereocenters. The second-order valence-corrected chi connectivity index (χ2v) is 9.11. The van der Waals surface area contributed by atoms with E-state index in [0.717, 1.165) is 47.5 Å². The molecule has 3 aromatic heterocycles. The molecule has 0 radical (unpaired) electrons. The highest BCUT2D eigenvalue weighted by molar-refractivity contribution is 6.01. The van der Waals surface area contributed by atoms with E-state index in [2.05, 4.69) is 21.5 Å². The number of pyridine rings is 1. The van der Waals surface area contributed by atoms with Crippen LogP contribution in [-0.2, 0) is 6.42 Å². The number of nitrogens with zero attached hydrogens (tertiary/aromatic N) is 4. The minimum Gasteiger partial charge on any atom is -0.349 e. The Morgan fingerprint density at radius 2 is 2.06 bits per heavy atom. The number of aromatic nitrogens is 4. The van der Waals surface area contributed by atoms with Crippen LogP contribution in [0, 0.1) is 0 Å². The van der Waals surface area contributed by atoms with Crippen molar-refractivity contribution in [2.45, 2.75) is 62.8 Å². The highest BCUT2D eigenvalue weighted by Crippen LogP contribution is 2.40. The summed E-state index contributed by atoms with van der Waals surface area (Å²) in [6.45, 7) is 0. The van der Waals surface area contributed by atoms with Gasteiger partial charge < -0.3 is 5.32 Å². The third kappa shape index (κ3) is 3.47. The molecule has 3 heterocycles. The first-order chi connectivity index (χ1) is 15.5. The molecule has 164 valence electrons. The summed E-state index contributed by atoms with van der Waals surface area (Å²) in [7, 11) is 0. The van der Waals surface area contributed by atoms with Gasteiger partial charge in [0, 0.05) is 42.8 Å². The summed E-state index contributed by atoms with van der Waals surface area (Å²) in [4.78, 5) is 22.2. The SMILES string of the molecule is O=C(NC1CC(F)(F)C1)c1cnn2ccc(C3=CCCCc4nc(C5CC5)ncc43)cc12. The molecule has 0 spiro atoms. The summed E-state index contributed by atoms with van der Waals surface area (Å²) in [6, 6.07) is 3.42. The number of rotatable bonds is 4. The van der Waals surface area contributed by atoms with Gasteiger partial charge in [-0.15, -0.1) is 0 Å². The normalized spacial score (nSPS) is 20.2. The van der Waals surface area contributed by atoms with E-state index >= 15 is 0 Å². The fourth-order valence-electron chi connectivity index (χ4n) is 4.64. The maximum absolute atomic E-state index is 13.1. The highest BCUT2D eigenvalue weighted by atomic mass is 19.3. The lowest BCUT2D eigenvalue weighted by Gasteiger charge is -2.35. The van der Waals surface area contributed by atoms with E-state index in [1.165, 1.54) is 19.0 Å². The van der Waals surface area contributed by atoms with E-state index in [-0.39, 0.29) is 18.7 Å².